The SMILES string of the molecule is CCCCCCCCC1CCC(C2CCC(COc3ccc(F)c(F)c3F)CC2)CC1. The minimum atomic E-state index is -1.45. The van der Waals surface area contributed by atoms with Gasteiger partial charge in [0.05, 0.1) is 6.61 Å². The van der Waals surface area contributed by atoms with E-state index in [0.29, 0.717) is 12.5 Å². The Morgan fingerprint density at radius 2 is 1.29 bits per heavy atom. The van der Waals surface area contributed by atoms with Crippen LogP contribution in [0.4, 0.5) is 13.2 Å². The maximum atomic E-state index is 13.8. The molecular weight excluding hydrogens is 397 g/mol. The topological polar surface area (TPSA) is 9.23 Å². The maximum Gasteiger partial charge on any atom is 0.203 e. The lowest BCUT2D eigenvalue weighted by Gasteiger charge is -2.38. The third-order valence-corrected chi connectivity index (χ3v) is 7.89. The number of ether oxygens (including phenoxy) is 1. The molecule has 0 aromatic heterocycles. The fraction of sp³-hybridized carbons (Fsp3) is 0.778. The van der Waals surface area contributed by atoms with Crippen molar-refractivity contribution in [2.75, 3.05) is 6.61 Å². The summed E-state index contributed by atoms with van der Waals surface area (Å²) in [4.78, 5) is 0. The van der Waals surface area contributed by atoms with Gasteiger partial charge in [0.15, 0.2) is 17.4 Å². The van der Waals surface area contributed by atoms with Crippen LogP contribution in [0.3, 0.4) is 0 Å². The minimum Gasteiger partial charge on any atom is -0.490 e. The number of hydrogen-bond acceptors (Lipinski definition) is 1. The first-order valence-electron chi connectivity index (χ1n) is 12.8. The number of benzene rings is 1. The van der Waals surface area contributed by atoms with Crippen LogP contribution >= 0.6 is 0 Å². The summed E-state index contributed by atoms with van der Waals surface area (Å²) in [6.07, 6.45) is 20.1. The first-order chi connectivity index (χ1) is 15.1. The third kappa shape index (κ3) is 7.43. The molecule has 0 aliphatic heterocycles. The fourth-order valence-electron chi connectivity index (χ4n) is 5.82. The molecule has 3 rings (SSSR count). The largest absolute Gasteiger partial charge is 0.490 e. The van der Waals surface area contributed by atoms with Crippen LogP contribution < -0.4 is 4.74 Å². The van der Waals surface area contributed by atoms with Crippen LogP contribution in [0.25, 0.3) is 0 Å². The molecule has 1 aromatic rings. The van der Waals surface area contributed by atoms with Crippen molar-refractivity contribution in [3.8, 4) is 5.75 Å². The van der Waals surface area contributed by atoms with Crippen molar-refractivity contribution in [2.24, 2.45) is 23.7 Å². The second-order valence-electron chi connectivity index (χ2n) is 10.1. The standard InChI is InChI=1S/C27H41F3O/c1-2-3-4-5-6-7-8-20-9-13-22(14-10-20)23-15-11-21(12-16-23)19-31-25-18-17-24(28)26(29)27(25)30/h17-18,20-23H,2-16,19H2,1H3. The molecule has 0 amide bonds. The third-order valence-electron chi connectivity index (χ3n) is 7.89. The van der Waals surface area contributed by atoms with Gasteiger partial charge in [0.25, 0.3) is 0 Å². The molecule has 1 nitrogen and oxygen atoms in total. The van der Waals surface area contributed by atoms with Gasteiger partial charge >= 0.3 is 0 Å². The molecule has 0 bridgehead atoms. The molecule has 2 saturated carbocycles. The second kappa shape index (κ2) is 12.7. The van der Waals surface area contributed by atoms with E-state index in [2.05, 4.69) is 6.92 Å². The van der Waals surface area contributed by atoms with E-state index in [1.54, 1.807) is 0 Å². The van der Waals surface area contributed by atoms with Crippen LogP contribution in [0.1, 0.15) is 103 Å². The zero-order valence-corrected chi connectivity index (χ0v) is 19.3. The molecule has 0 radical (unpaired) electrons. The molecule has 0 heterocycles. The summed E-state index contributed by atoms with van der Waals surface area (Å²) in [5.74, 6) is -0.972. The first kappa shape index (κ1) is 24.5. The fourth-order valence-corrected chi connectivity index (χ4v) is 5.82. The molecule has 4 heteroatoms. The van der Waals surface area contributed by atoms with Crippen molar-refractivity contribution in [3.63, 3.8) is 0 Å². The Morgan fingerprint density at radius 1 is 0.710 bits per heavy atom. The quantitative estimate of drug-likeness (QED) is 0.248. The van der Waals surface area contributed by atoms with Crippen molar-refractivity contribution in [3.05, 3.63) is 29.6 Å². The lowest BCUT2D eigenvalue weighted by Crippen LogP contribution is -2.27. The average Bonchev–Trinajstić information content (AvgIpc) is 2.80. The monoisotopic (exact) mass is 438 g/mol. The van der Waals surface area contributed by atoms with Crippen LogP contribution in [0.2, 0.25) is 0 Å². The van der Waals surface area contributed by atoms with Crippen LogP contribution in [-0.4, -0.2) is 6.61 Å². The van der Waals surface area contributed by atoms with Crippen LogP contribution in [0.5, 0.6) is 5.75 Å². The Hall–Kier alpha value is -1.19. The summed E-state index contributed by atoms with van der Waals surface area (Å²) in [6.45, 7) is 2.66. The molecule has 0 saturated heterocycles. The van der Waals surface area contributed by atoms with Gasteiger partial charge in [-0.1, -0.05) is 64.7 Å². The van der Waals surface area contributed by atoms with Crippen LogP contribution in [-0.2, 0) is 0 Å². The predicted octanol–water partition coefficient (Wildman–Crippen LogP) is 8.85. The van der Waals surface area contributed by atoms with E-state index in [1.807, 2.05) is 0 Å². The second-order valence-corrected chi connectivity index (χ2v) is 10.1. The van der Waals surface area contributed by atoms with Crippen molar-refractivity contribution in [2.45, 2.75) is 103 Å². The maximum absolute atomic E-state index is 13.8. The van der Waals surface area contributed by atoms with E-state index in [4.69, 9.17) is 4.74 Å². The lowest BCUT2D eigenvalue weighted by atomic mass is 9.69. The predicted molar refractivity (Wildman–Crippen MR) is 121 cm³/mol. The molecule has 31 heavy (non-hydrogen) atoms. The summed E-state index contributed by atoms with van der Waals surface area (Å²) < 4.78 is 45.6. The summed E-state index contributed by atoms with van der Waals surface area (Å²) >= 11 is 0. The normalized spacial score (nSPS) is 26.7. The van der Waals surface area contributed by atoms with Crippen molar-refractivity contribution in [1.82, 2.24) is 0 Å². The van der Waals surface area contributed by atoms with Crippen molar-refractivity contribution < 1.29 is 17.9 Å². The molecule has 0 N–H and O–H groups in total. The van der Waals surface area contributed by atoms with E-state index in [0.717, 1.165) is 36.7 Å². The molecule has 1 aromatic carbocycles. The van der Waals surface area contributed by atoms with E-state index in [9.17, 15) is 13.2 Å². The highest BCUT2D eigenvalue weighted by Gasteiger charge is 2.31. The summed E-state index contributed by atoms with van der Waals surface area (Å²) in [5.41, 5.74) is 0. The highest BCUT2D eigenvalue weighted by Crippen LogP contribution is 2.42. The highest BCUT2D eigenvalue weighted by molar-refractivity contribution is 5.26. The van der Waals surface area contributed by atoms with Gasteiger partial charge in [-0.15, -0.1) is 0 Å². The zero-order valence-electron chi connectivity index (χ0n) is 19.3. The minimum absolute atomic E-state index is 0.176. The summed E-state index contributed by atoms with van der Waals surface area (Å²) in [6, 6.07) is 2.11. The molecule has 2 aliphatic carbocycles. The van der Waals surface area contributed by atoms with Gasteiger partial charge < -0.3 is 4.74 Å². The Morgan fingerprint density at radius 3 is 1.94 bits per heavy atom. The van der Waals surface area contributed by atoms with Crippen molar-refractivity contribution in [1.29, 1.82) is 0 Å². The van der Waals surface area contributed by atoms with E-state index in [1.165, 1.54) is 89.5 Å². The van der Waals surface area contributed by atoms with Crippen LogP contribution in [0, 0.1) is 41.1 Å². The van der Waals surface area contributed by atoms with Crippen molar-refractivity contribution >= 4 is 0 Å². The van der Waals surface area contributed by atoms with Gasteiger partial charge in [-0.3, -0.25) is 0 Å². The molecule has 0 unspecified atom stereocenters. The van der Waals surface area contributed by atoms with Gasteiger partial charge in [-0.25, -0.2) is 8.78 Å². The number of hydrogen-bond donors (Lipinski definition) is 0. The smallest absolute Gasteiger partial charge is 0.203 e. The van der Waals surface area contributed by atoms with Gasteiger partial charge in [0, 0.05) is 0 Å². The van der Waals surface area contributed by atoms with E-state index in [-0.39, 0.29) is 5.75 Å². The molecule has 2 aliphatic rings. The van der Waals surface area contributed by atoms with E-state index >= 15 is 0 Å². The summed E-state index contributed by atoms with van der Waals surface area (Å²) in [7, 11) is 0. The molecule has 0 spiro atoms. The van der Waals surface area contributed by atoms with Gasteiger partial charge in [0.1, 0.15) is 0 Å². The Balaban J connectivity index is 1.30. The van der Waals surface area contributed by atoms with Gasteiger partial charge in [0.2, 0.25) is 5.82 Å². The Labute approximate surface area is 187 Å². The van der Waals surface area contributed by atoms with Gasteiger partial charge in [-0.2, -0.15) is 4.39 Å². The zero-order chi connectivity index (χ0) is 22.1. The number of rotatable bonds is 11. The number of halogens is 3. The van der Waals surface area contributed by atoms with Gasteiger partial charge in [-0.05, 0) is 74.3 Å². The van der Waals surface area contributed by atoms with Crippen LogP contribution in [0.15, 0.2) is 12.1 Å². The lowest BCUT2D eigenvalue weighted by molar-refractivity contribution is 0.120. The summed E-state index contributed by atoms with van der Waals surface area (Å²) in [5, 5.41) is 0. The molecule has 176 valence electrons. The van der Waals surface area contributed by atoms with E-state index < -0.39 is 17.5 Å². The highest BCUT2D eigenvalue weighted by atomic mass is 19.2. The molecule has 2 fully saturated rings. The first-order valence-corrected chi connectivity index (χ1v) is 12.8. The Bertz CT molecular complexity index is 646. The number of unbranched alkanes of at least 4 members (excludes halogenated alkanes) is 5. The molecule has 0 atom stereocenters. The Kier molecular flexibility index (Phi) is 10.1. The average molecular weight is 439 g/mol. The molecular formula is C27H41F3O.